The highest BCUT2D eigenvalue weighted by Crippen LogP contribution is 2.49. The SMILES string of the molecule is O=C1CC=C2Oc3ccccc3C3(COCN3)C2C1. The molecule has 1 aliphatic carbocycles. The fourth-order valence-electron chi connectivity index (χ4n) is 3.38. The number of hydrogen-bond acceptors (Lipinski definition) is 4. The van der Waals surface area contributed by atoms with E-state index in [9.17, 15) is 4.79 Å². The molecular formula is C15H15NO3. The van der Waals surface area contributed by atoms with Crippen molar-refractivity contribution in [2.24, 2.45) is 5.92 Å². The van der Waals surface area contributed by atoms with Gasteiger partial charge in [-0.2, -0.15) is 0 Å². The van der Waals surface area contributed by atoms with E-state index in [0.717, 1.165) is 17.1 Å². The fourth-order valence-corrected chi connectivity index (χ4v) is 3.38. The quantitative estimate of drug-likeness (QED) is 0.768. The molecule has 2 aliphatic heterocycles. The van der Waals surface area contributed by atoms with Gasteiger partial charge in [-0.05, 0) is 12.1 Å². The van der Waals surface area contributed by atoms with E-state index in [1.807, 2.05) is 24.3 Å². The van der Waals surface area contributed by atoms with Crippen LogP contribution in [-0.4, -0.2) is 19.1 Å². The van der Waals surface area contributed by atoms with Gasteiger partial charge in [0.1, 0.15) is 17.3 Å². The standard InChI is InChI=1S/C15H15NO3/c17-10-5-6-14-12(7-10)15(8-18-9-16-15)11-3-1-2-4-13(11)19-14/h1-4,6,12,16H,5,7-9H2. The van der Waals surface area contributed by atoms with E-state index in [-0.39, 0.29) is 17.2 Å². The summed E-state index contributed by atoms with van der Waals surface area (Å²) in [7, 11) is 0. The molecule has 19 heavy (non-hydrogen) atoms. The van der Waals surface area contributed by atoms with Crippen molar-refractivity contribution in [3.05, 3.63) is 41.7 Å². The average Bonchev–Trinajstić information content (AvgIpc) is 2.91. The van der Waals surface area contributed by atoms with Gasteiger partial charge in [0.15, 0.2) is 0 Å². The minimum atomic E-state index is -0.309. The van der Waals surface area contributed by atoms with E-state index in [1.165, 1.54) is 0 Å². The Kier molecular flexibility index (Phi) is 2.31. The average molecular weight is 257 g/mol. The van der Waals surface area contributed by atoms with Gasteiger partial charge in [0.25, 0.3) is 0 Å². The number of ketones is 1. The second kappa shape index (κ2) is 3.92. The maximum absolute atomic E-state index is 11.8. The Bertz CT molecular complexity index is 573. The Morgan fingerprint density at radius 1 is 1.32 bits per heavy atom. The van der Waals surface area contributed by atoms with E-state index in [1.54, 1.807) is 0 Å². The molecule has 1 saturated heterocycles. The number of benzene rings is 1. The first-order chi connectivity index (χ1) is 9.29. The Morgan fingerprint density at radius 3 is 3.05 bits per heavy atom. The number of fused-ring (bicyclic) bond motifs is 4. The maximum atomic E-state index is 11.8. The number of nitrogens with one attached hydrogen (secondary N) is 1. The van der Waals surface area contributed by atoms with Crippen LogP contribution in [0, 0.1) is 5.92 Å². The van der Waals surface area contributed by atoms with E-state index in [2.05, 4.69) is 11.4 Å². The van der Waals surface area contributed by atoms with Crippen LogP contribution < -0.4 is 10.1 Å². The first-order valence-electron chi connectivity index (χ1n) is 6.61. The first kappa shape index (κ1) is 11.2. The smallest absolute Gasteiger partial charge is 0.137 e. The van der Waals surface area contributed by atoms with E-state index in [0.29, 0.717) is 26.2 Å². The minimum Gasteiger partial charge on any atom is -0.461 e. The maximum Gasteiger partial charge on any atom is 0.137 e. The van der Waals surface area contributed by atoms with Crippen molar-refractivity contribution in [2.45, 2.75) is 18.4 Å². The number of ether oxygens (including phenoxy) is 2. The summed E-state index contributed by atoms with van der Waals surface area (Å²) in [6.07, 6.45) is 2.93. The third-order valence-electron chi connectivity index (χ3n) is 4.32. The second-order valence-corrected chi connectivity index (χ2v) is 5.35. The van der Waals surface area contributed by atoms with Crippen molar-refractivity contribution in [2.75, 3.05) is 13.3 Å². The molecule has 2 unspecified atom stereocenters. The molecule has 4 nitrogen and oxygen atoms in total. The molecule has 98 valence electrons. The van der Waals surface area contributed by atoms with Gasteiger partial charge >= 0.3 is 0 Å². The van der Waals surface area contributed by atoms with Gasteiger partial charge in [0.05, 0.1) is 18.9 Å². The molecule has 1 fully saturated rings. The minimum absolute atomic E-state index is 0.0474. The third-order valence-corrected chi connectivity index (χ3v) is 4.32. The summed E-state index contributed by atoms with van der Waals surface area (Å²) >= 11 is 0. The highest BCUT2D eigenvalue weighted by Gasteiger charge is 2.51. The molecule has 1 aromatic rings. The van der Waals surface area contributed by atoms with Crippen molar-refractivity contribution in [3.63, 3.8) is 0 Å². The van der Waals surface area contributed by atoms with Gasteiger partial charge in [-0.15, -0.1) is 0 Å². The summed E-state index contributed by atoms with van der Waals surface area (Å²) in [6.45, 7) is 1.11. The zero-order chi connectivity index (χ0) is 12.9. The first-order valence-corrected chi connectivity index (χ1v) is 6.61. The van der Waals surface area contributed by atoms with Crippen molar-refractivity contribution in [1.82, 2.24) is 5.32 Å². The van der Waals surface area contributed by atoms with Crippen LogP contribution in [0.25, 0.3) is 0 Å². The molecule has 4 heteroatoms. The summed E-state index contributed by atoms with van der Waals surface area (Å²) in [4.78, 5) is 11.8. The van der Waals surface area contributed by atoms with E-state index >= 15 is 0 Å². The van der Waals surface area contributed by atoms with Gasteiger partial charge in [-0.1, -0.05) is 18.2 Å². The molecule has 2 heterocycles. The molecule has 0 amide bonds. The summed E-state index contributed by atoms with van der Waals surface area (Å²) in [5, 5.41) is 3.45. The number of Topliss-reactive ketones (excluding diaryl/α,β-unsaturated/α-hetero) is 1. The summed E-state index contributed by atoms with van der Waals surface area (Å²) < 4.78 is 11.6. The topological polar surface area (TPSA) is 47.6 Å². The molecule has 1 spiro atoms. The molecule has 2 atom stereocenters. The van der Waals surface area contributed by atoms with Gasteiger partial charge in [0.2, 0.25) is 0 Å². The molecular weight excluding hydrogens is 242 g/mol. The van der Waals surface area contributed by atoms with Crippen LogP contribution in [0.2, 0.25) is 0 Å². The Balaban J connectivity index is 1.91. The van der Waals surface area contributed by atoms with Gasteiger partial charge in [0, 0.05) is 24.3 Å². The zero-order valence-corrected chi connectivity index (χ0v) is 10.5. The molecule has 1 aromatic carbocycles. The largest absolute Gasteiger partial charge is 0.461 e. The van der Waals surface area contributed by atoms with Crippen LogP contribution in [0.3, 0.4) is 0 Å². The number of carbonyl (C=O) groups is 1. The number of rotatable bonds is 0. The summed E-state index contributed by atoms with van der Waals surface area (Å²) in [5.41, 5.74) is 0.792. The lowest BCUT2D eigenvalue weighted by molar-refractivity contribution is -0.120. The highest BCUT2D eigenvalue weighted by molar-refractivity contribution is 5.82. The van der Waals surface area contributed by atoms with E-state index < -0.39 is 0 Å². The fraction of sp³-hybridized carbons (Fsp3) is 0.400. The van der Waals surface area contributed by atoms with Crippen LogP contribution in [0.4, 0.5) is 0 Å². The van der Waals surface area contributed by atoms with Crippen molar-refractivity contribution >= 4 is 5.78 Å². The molecule has 3 aliphatic rings. The Labute approximate surface area is 111 Å². The molecule has 0 bridgehead atoms. The normalized spacial score (nSPS) is 32.5. The number of para-hydroxylation sites is 1. The van der Waals surface area contributed by atoms with Gasteiger partial charge in [-0.25, -0.2) is 0 Å². The van der Waals surface area contributed by atoms with Gasteiger partial charge < -0.3 is 9.47 Å². The van der Waals surface area contributed by atoms with Crippen molar-refractivity contribution in [1.29, 1.82) is 0 Å². The second-order valence-electron chi connectivity index (χ2n) is 5.35. The predicted octanol–water partition coefficient (Wildman–Crippen LogP) is 1.71. The molecule has 0 aromatic heterocycles. The summed E-state index contributed by atoms with van der Waals surface area (Å²) in [6, 6.07) is 8.01. The third kappa shape index (κ3) is 1.50. The van der Waals surface area contributed by atoms with Gasteiger partial charge in [-0.3, -0.25) is 10.1 Å². The lowest BCUT2D eigenvalue weighted by Crippen LogP contribution is -2.51. The number of carbonyl (C=O) groups excluding carboxylic acids is 1. The monoisotopic (exact) mass is 257 g/mol. The van der Waals surface area contributed by atoms with Crippen LogP contribution in [-0.2, 0) is 15.1 Å². The van der Waals surface area contributed by atoms with E-state index in [4.69, 9.17) is 9.47 Å². The zero-order valence-electron chi connectivity index (χ0n) is 10.5. The molecule has 0 saturated carbocycles. The lowest BCUT2D eigenvalue weighted by Gasteiger charge is -2.43. The molecule has 4 rings (SSSR count). The summed E-state index contributed by atoms with van der Waals surface area (Å²) in [5.74, 6) is 2.10. The highest BCUT2D eigenvalue weighted by atomic mass is 16.5. The predicted molar refractivity (Wildman–Crippen MR) is 68.5 cm³/mol. The van der Waals surface area contributed by atoms with Crippen LogP contribution in [0.1, 0.15) is 18.4 Å². The van der Waals surface area contributed by atoms with Crippen LogP contribution in [0.15, 0.2) is 36.1 Å². The Hall–Kier alpha value is -1.65. The van der Waals surface area contributed by atoms with Crippen LogP contribution >= 0.6 is 0 Å². The lowest BCUT2D eigenvalue weighted by atomic mass is 9.71. The Morgan fingerprint density at radius 2 is 2.21 bits per heavy atom. The van der Waals surface area contributed by atoms with Crippen LogP contribution in [0.5, 0.6) is 5.75 Å². The number of hydrogen-bond donors (Lipinski definition) is 1. The molecule has 0 radical (unpaired) electrons. The number of allylic oxidation sites excluding steroid dienone is 1. The molecule has 1 N–H and O–H groups in total. The van der Waals surface area contributed by atoms with Crippen molar-refractivity contribution in [3.8, 4) is 5.75 Å². The van der Waals surface area contributed by atoms with Crippen molar-refractivity contribution < 1.29 is 14.3 Å².